The molecule has 0 amide bonds. The smallest absolute Gasteiger partial charge is 0.199 e. The minimum Gasteiger partial charge on any atom is -0.490 e. The summed E-state index contributed by atoms with van der Waals surface area (Å²) in [5.74, 6) is 0.279. The van der Waals surface area contributed by atoms with Crippen LogP contribution in [0.1, 0.15) is 81.2 Å². The molecule has 2 aromatic rings. The van der Waals surface area contributed by atoms with Crippen molar-refractivity contribution in [2.45, 2.75) is 71.8 Å². The van der Waals surface area contributed by atoms with E-state index in [0.29, 0.717) is 30.6 Å². The molecule has 0 spiro atoms. The highest BCUT2D eigenvalue weighted by atomic mass is 35.5. The van der Waals surface area contributed by atoms with Crippen molar-refractivity contribution in [3.63, 3.8) is 0 Å². The molecule has 1 atom stereocenters. The van der Waals surface area contributed by atoms with Crippen molar-refractivity contribution in [3.8, 4) is 0 Å². The van der Waals surface area contributed by atoms with Gasteiger partial charge in [-0.25, -0.2) is 0 Å². The summed E-state index contributed by atoms with van der Waals surface area (Å²) in [7, 11) is 1.64. The zero-order valence-corrected chi connectivity index (χ0v) is 22.5. The van der Waals surface area contributed by atoms with Crippen molar-refractivity contribution in [2.75, 3.05) is 26.9 Å². The van der Waals surface area contributed by atoms with Crippen molar-refractivity contribution < 1.29 is 19.0 Å². The van der Waals surface area contributed by atoms with Crippen LogP contribution in [0.15, 0.2) is 54.3 Å². The summed E-state index contributed by atoms with van der Waals surface area (Å²) < 4.78 is 17.3. The normalized spacial score (nSPS) is 12.5. The molecular formula is C30H41ClO4. The third kappa shape index (κ3) is 10.2. The van der Waals surface area contributed by atoms with Gasteiger partial charge in [0.05, 0.1) is 13.2 Å². The van der Waals surface area contributed by atoms with Crippen LogP contribution in [0.5, 0.6) is 0 Å². The number of carbonyl (C=O) groups excluding carboxylic acids is 1. The standard InChI is InChI=1S/C30H41ClO4/c1-5-8-17-34-19-16-28(32)30(35-18-9-6-2)22-29(33-4)25-14-15-27(31)26(21-25)20-24-12-10-23(7-3)11-13-24/h10-15,21-22,29H,5-9,16-20H2,1-4H3/b30-22+. The Balaban J connectivity index is 2.20. The fraction of sp³-hybridized carbons (Fsp3) is 0.500. The number of unbranched alkanes of at least 4 members (excludes halogenated alkanes) is 2. The van der Waals surface area contributed by atoms with Gasteiger partial charge in [0.1, 0.15) is 6.10 Å². The topological polar surface area (TPSA) is 44.8 Å². The summed E-state index contributed by atoms with van der Waals surface area (Å²) in [4.78, 5) is 12.9. The average Bonchev–Trinajstić information content (AvgIpc) is 2.87. The number of rotatable bonds is 17. The number of hydrogen-bond donors (Lipinski definition) is 0. The Kier molecular flexibility index (Phi) is 13.7. The molecule has 0 aromatic heterocycles. The number of carbonyl (C=O) groups is 1. The van der Waals surface area contributed by atoms with E-state index < -0.39 is 6.10 Å². The van der Waals surface area contributed by atoms with Gasteiger partial charge in [0.2, 0.25) is 0 Å². The van der Waals surface area contributed by atoms with E-state index in [1.807, 2.05) is 12.1 Å². The molecule has 5 heteroatoms. The van der Waals surface area contributed by atoms with E-state index in [9.17, 15) is 4.79 Å². The number of benzene rings is 2. The monoisotopic (exact) mass is 500 g/mol. The largest absolute Gasteiger partial charge is 0.490 e. The first-order chi connectivity index (χ1) is 17.0. The molecular weight excluding hydrogens is 460 g/mol. The van der Waals surface area contributed by atoms with E-state index in [4.69, 9.17) is 25.8 Å². The van der Waals surface area contributed by atoms with Crippen molar-refractivity contribution in [1.29, 1.82) is 0 Å². The van der Waals surface area contributed by atoms with Gasteiger partial charge >= 0.3 is 0 Å². The number of halogens is 1. The molecule has 2 rings (SSSR count). The molecule has 0 aliphatic carbocycles. The van der Waals surface area contributed by atoms with Crippen LogP contribution in [0.2, 0.25) is 5.02 Å². The third-order valence-electron chi connectivity index (χ3n) is 5.93. The van der Waals surface area contributed by atoms with E-state index in [0.717, 1.165) is 49.7 Å². The second-order valence-corrected chi connectivity index (χ2v) is 9.13. The minimum absolute atomic E-state index is 0.0650. The molecule has 0 aliphatic rings. The first kappa shape index (κ1) is 29.1. The van der Waals surface area contributed by atoms with E-state index >= 15 is 0 Å². The fourth-order valence-corrected chi connectivity index (χ4v) is 3.83. The highest BCUT2D eigenvalue weighted by Gasteiger charge is 2.17. The summed E-state index contributed by atoms with van der Waals surface area (Å²) in [6, 6.07) is 14.5. The molecule has 4 nitrogen and oxygen atoms in total. The molecule has 0 N–H and O–H groups in total. The zero-order valence-electron chi connectivity index (χ0n) is 21.8. The van der Waals surface area contributed by atoms with Gasteiger partial charge < -0.3 is 14.2 Å². The first-order valence-electron chi connectivity index (χ1n) is 12.9. The molecule has 0 saturated heterocycles. The number of methoxy groups -OCH3 is 1. The van der Waals surface area contributed by atoms with Crippen LogP contribution in [0, 0.1) is 0 Å². The molecule has 0 aliphatic heterocycles. The predicted octanol–water partition coefficient (Wildman–Crippen LogP) is 7.66. The maximum Gasteiger partial charge on any atom is 0.199 e. The lowest BCUT2D eigenvalue weighted by atomic mass is 9.99. The average molecular weight is 501 g/mol. The number of aryl methyl sites for hydroxylation is 1. The van der Waals surface area contributed by atoms with Crippen LogP contribution < -0.4 is 0 Å². The van der Waals surface area contributed by atoms with Gasteiger partial charge in [-0.3, -0.25) is 4.79 Å². The molecule has 1 unspecified atom stereocenters. The van der Waals surface area contributed by atoms with E-state index in [2.05, 4.69) is 51.1 Å². The van der Waals surface area contributed by atoms with E-state index in [-0.39, 0.29) is 12.2 Å². The van der Waals surface area contributed by atoms with Crippen LogP contribution >= 0.6 is 11.6 Å². The molecule has 35 heavy (non-hydrogen) atoms. The highest BCUT2D eigenvalue weighted by Crippen LogP contribution is 2.27. The van der Waals surface area contributed by atoms with Crippen LogP contribution in [-0.2, 0) is 31.8 Å². The second kappa shape index (κ2) is 16.5. The van der Waals surface area contributed by atoms with Crippen LogP contribution in [-0.4, -0.2) is 32.7 Å². The number of hydrogen-bond acceptors (Lipinski definition) is 4. The van der Waals surface area contributed by atoms with Crippen molar-refractivity contribution in [3.05, 3.63) is 81.6 Å². The summed E-state index contributed by atoms with van der Waals surface area (Å²) in [6.45, 7) is 7.94. The Morgan fingerprint density at radius 2 is 1.63 bits per heavy atom. The first-order valence-corrected chi connectivity index (χ1v) is 13.2. The van der Waals surface area contributed by atoms with E-state index in [1.165, 1.54) is 11.1 Å². The van der Waals surface area contributed by atoms with Crippen molar-refractivity contribution >= 4 is 17.4 Å². The van der Waals surface area contributed by atoms with Crippen molar-refractivity contribution in [1.82, 2.24) is 0 Å². The van der Waals surface area contributed by atoms with E-state index in [1.54, 1.807) is 13.2 Å². The third-order valence-corrected chi connectivity index (χ3v) is 6.30. The summed E-state index contributed by atoms with van der Waals surface area (Å²) in [5, 5.41) is 0.715. The summed E-state index contributed by atoms with van der Waals surface area (Å²) in [5.41, 5.74) is 4.47. The van der Waals surface area contributed by atoms with Gasteiger partial charge in [-0.05, 0) is 60.1 Å². The maximum absolute atomic E-state index is 12.9. The maximum atomic E-state index is 12.9. The lowest BCUT2D eigenvalue weighted by Crippen LogP contribution is -2.13. The lowest BCUT2D eigenvalue weighted by molar-refractivity contribution is -0.120. The van der Waals surface area contributed by atoms with Crippen LogP contribution in [0.25, 0.3) is 0 Å². The van der Waals surface area contributed by atoms with Crippen LogP contribution in [0.3, 0.4) is 0 Å². The van der Waals surface area contributed by atoms with Gasteiger partial charge in [-0.15, -0.1) is 0 Å². The molecule has 0 bridgehead atoms. The number of allylic oxidation sites excluding steroid dienone is 1. The lowest BCUT2D eigenvalue weighted by Gasteiger charge is -2.17. The van der Waals surface area contributed by atoms with Gasteiger partial charge in [0.15, 0.2) is 11.5 Å². The van der Waals surface area contributed by atoms with Crippen molar-refractivity contribution in [2.24, 2.45) is 0 Å². The quantitative estimate of drug-likeness (QED) is 0.127. The zero-order chi connectivity index (χ0) is 25.5. The fourth-order valence-electron chi connectivity index (χ4n) is 3.64. The molecule has 0 radical (unpaired) electrons. The minimum atomic E-state index is -0.421. The predicted molar refractivity (Wildman–Crippen MR) is 144 cm³/mol. The van der Waals surface area contributed by atoms with Gasteiger partial charge in [-0.1, -0.05) is 81.6 Å². The molecule has 2 aromatic carbocycles. The second-order valence-electron chi connectivity index (χ2n) is 8.73. The van der Waals surface area contributed by atoms with Gasteiger partial charge in [0, 0.05) is 25.2 Å². The number of ether oxygens (including phenoxy) is 3. The summed E-state index contributed by atoms with van der Waals surface area (Å²) >= 11 is 6.54. The molecule has 0 fully saturated rings. The molecule has 192 valence electrons. The number of ketones is 1. The Labute approximate surface area is 216 Å². The Bertz CT molecular complexity index is 920. The SMILES string of the molecule is CCCCOCCC(=O)/C(=C\C(OC)c1ccc(Cl)c(Cc2ccc(CC)cc2)c1)OCCCC. The molecule has 0 saturated carbocycles. The van der Waals surface area contributed by atoms with Gasteiger partial charge in [-0.2, -0.15) is 0 Å². The molecule has 0 heterocycles. The number of Topliss-reactive ketones (excluding diaryl/α,β-unsaturated/α-hetero) is 1. The Morgan fingerprint density at radius 3 is 2.29 bits per heavy atom. The van der Waals surface area contributed by atoms with Gasteiger partial charge in [0.25, 0.3) is 0 Å². The van der Waals surface area contributed by atoms with Crippen LogP contribution in [0.4, 0.5) is 0 Å². The Hall–Kier alpha value is -2.14. The highest BCUT2D eigenvalue weighted by molar-refractivity contribution is 6.31. The Morgan fingerprint density at radius 1 is 0.943 bits per heavy atom. The summed E-state index contributed by atoms with van der Waals surface area (Å²) in [6.07, 6.45) is 7.35.